The van der Waals surface area contributed by atoms with Crippen LogP contribution in [0.5, 0.6) is 0 Å². The number of amides is 1. The number of thiophene rings is 1. The molecule has 0 atom stereocenters. The molecule has 2 aromatic heterocycles. The van der Waals surface area contributed by atoms with Gasteiger partial charge in [0.25, 0.3) is 0 Å². The van der Waals surface area contributed by atoms with Crippen LogP contribution in [0.2, 0.25) is 5.02 Å². The van der Waals surface area contributed by atoms with Gasteiger partial charge in [-0.2, -0.15) is 0 Å². The van der Waals surface area contributed by atoms with Gasteiger partial charge in [-0.25, -0.2) is 0 Å². The molecule has 4 rings (SSSR count). The Labute approximate surface area is 171 Å². The van der Waals surface area contributed by atoms with Gasteiger partial charge >= 0.3 is 0 Å². The van der Waals surface area contributed by atoms with Crippen LogP contribution in [0, 0.1) is 6.92 Å². The number of thioether (sulfide) groups is 1. The van der Waals surface area contributed by atoms with Crippen molar-refractivity contribution in [2.75, 3.05) is 11.1 Å². The summed E-state index contributed by atoms with van der Waals surface area (Å²) in [5.74, 6) is 1.19. The van der Waals surface area contributed by atoms with E-state index in [-0.39, 0.29) is 11.7 Å². The topological polar surface area (TPSA) is 59.8 Å². The molecule has 1 amide bonds. The van der Waals surface area contributed by atoms with E-state index in [0.717, 1.165) is 41.5 Å². The van der Waals surface area contributed by atoms with E-state index in [9.17, 15) is 4.79 Å². The lowest BCUT2D eigenvalue weighted by Gasteiger charge is -2.10. The second kappa shape index (κ2) is 8.04. The lowest BCUT2D eigenvalue weighted by atomic mass is 10.2. The highest BCUT2D eigenvalue weighted by Crippen LogP contribution is 2.39. The molecule has 0 spiro atoms. The normalized spacial score (nSPS) is 13.7. The zero-order chi connectivity index (χ0) is 18.8. The largest absolute Gasteiger partial charge is 0.325 e. The van der Waals surface area contributed by atoms with E-state index in [1.807, 2.05) is 19.1 Å². The number of aromatic nitrogens is 3. The quantitative estimate of drug-likeness (QED) is 0.551. The van der Waals surface area contributed by atoms with Crippen molar-refractivity contribution in [3.05, 3.63) is 57.0 Å². The molecular formula is C19H19ClN4OS2. The van der Waals surface area contributed by atoms with Crippen molar-refractivity contribution in [1.82, 2.24) is 14.8 Å². The summed E-state index contributed by atoms with van der Waals surface area (Å²) < 4.78 is 2.21. The van der Waals surface area contributed by atoms with Crippen LogP contribution < -0.4 is 5.32 Å². The Morgan fingerprint density at radius 3 is 2.96 bits per heavy atom. The third-order valence-corrected chi connectivity index (χ3v) is 6.42. The number of anilines is 1. The van der Waals surface area contributed by atoms with Gasteiger partial charge in [0.15, 0.2) is 5.16 Å². The Morgan fingerprint density at radius 1 is 1.37 bits per heavy atom. The second-order valence-corrected chi connectivity index (χ2v) is 8.96. The third-order valence-electron chi connectivity index (χ3n) is 4.37. The Hall–Kier alpha value is -1.83. The summed E-state index contributed by atoms with van der Waals surface area (Å²) in [5.41, 5.74) is 1.73. The van der Waals surface area contributed by atoms with Crippen LogP contribution in [0.1, 0.15) is 35.1 Å². The number of carbonyl (C=O) groups is 1. The van der Waals surface area contributed by atoms with Gasteiger partial charge in [-0.1, -0.05) is 35.5 Å². The highest BCUT2D eigenvalue weighted by atomic mass is 35.5. The molecule has 0 bridgehead atoms. The van der Waals surface area contributed by atoms with Crippen LogP contribution in [0.25, 0.3) is 0 Å². The van der Waals surface area contributed by atoms with Crippen LogP contribution in [0.15, 0.2) is 40.9 Å². The number of hydrogen-bond acceptors (Lipinski definition) is 5. The van der Waals surface area contributed by atoms with Crippen molar-refractivity contribution in [3.8, 4) is 0 Å². The first-order chi connectivity index (χ1) is 13.1. The molecule has 0 aliphatic heterocycles. The standard InChI is InChI=1S/C19H19ClN4OS2/c1-12-4-5-13(20)9-16(12)21-18(25)11-27-19-23-22-17(24(19)14-6-7-14)10-15-3-2-8-26-15/h2-5,8-9,14H,6-7,10-11H2,1H3,(H,21,25). The van der Waals surface area contributed by atoms with E-state index in [1.165, 1.54) is 16.6 Å². The first-order valence-electron chi connectivity index (χ1n) is 8.75. The van der Waals surface area contributed by atoms with Gasteiger partial charge in [-0.05, 0) is 48.9 Å². The van der Waals surface area contributed by atoms with Crippen molar-refractivity contribution in [3.63, 3.8) is 0 Å². The van der Waals surface area contributed by atoms with Crippen molar-refractivity contribution >= 4 is 46.3 Å². The predicted molar refractivity (Wildman–Crippen MR) is 111 cm³/mol. The number of carbonyl (C=O) groups excluding carboxylic acids is 1. The van der Waals surface area contributed by atoms with Crippen molar-refractivity contribution in [2.45, 2.75) is 37.4 Å². The van der Waals surface area contributed by atoms with Crippen LogP contribution in [-0.4, -0.2) is 26.4 Å². The minimum Gasteiger partial charge on any atom is -0.325 e. The number of rotatable bonds is 7. The van der Waals surface area contributed by atoms with Gasteiger partial charge < -0.3 is 9.88 Å². The third kappa shape index (κ3) is 4.54. The number of hydrogen-bond donors (Lipinski definition) is 1. The van der Waals surface area contributed by atoms with Crippen molar-refractivity contribution in [2.24, 2.45) is 0 Å². The van der Waals surface area contributed by atoms with Gasteiger partial charge in [0, 0.05) is 28.0 Å². The summed E-state index contributed by atoms with van der Waals surface area (Å²) in [6, 6.07) is 10.1. The molecule has 1 aromatic carbocycles. The van der Waals surface area contributed by atoms with E-state index in [1.54, 1.807) is 17.4 Å². The lowest BCUT2D eigenvalue weighted by molar-refractivity contribution is -0.113. The predicted octanol–water partition coefficient (Wildman–Crippen LogP) is 4.96. The Morgan fingerprint density at radius 2 is 2.22 bits per heavy atom. The molecular weight excluding hydrogens is 400 g/mol. The monoisotopic (exact) mass is 418 g/mol. The highest BCUT2D eigenvalue weighted by molar-refractivity contribution is 7.99. The molecule has 5 nitrogen and oxygen atoms in total. The van der Waals surface area contributed by atoms with Gasteiger partial charge in [0.2, 0.25) is 5.91 Å². The molecule has 1 saturated carbocycles. The van der Waals surface area contributed by atoms with Gasteiger partial charge in [-0.15, -0.1) is 21.5 Å². The molecule has 1 fully saturated rings. The van der Waals surface area contributed by atoms with Crippen LogP contribution in [0.3, 0.4) is 0 Å². The minimum atomic E-state index is -0.0736. The second-order valence-electron chi connectivity index (χ2n) is 6.55. The van der Waals surface area contributed by atoms with Gasteiger partial charge in [0.1, 0.15) is 5.82 Å². The molecule has 1 aliphatic rings. The zero-order valence-electron chi connectivity index (χ0n) is 14.8. The lowest BCUT2D eigenvalue weighted by Crippen LogP contribution is -2.15. The highest BCUT2D eigenvalue weighted by Gasteiger charge is 2.30. The molecule has 3 aromatic rings. The summed E-state index contributed by atoms with van der Waals surface area (Å²) in [4.78, 5) is 13.7. The fraction of sp³-hybridized carbons (Fsp3) is 0.316. The summed E-state index contributed by atoms with van der Waals surface area (Å²) in [6.07, 6.45) is 3.09. The van der Waals surface area contributed by atoms with Crippen LogP contribution in [0.4, 0.5) is 5.69 Å². The number of nitrogens with one attached hydrogen (secondary N) is 1. The fourth-order valence-electron chi connectivity index (χ4n) is 2.84. The maximum Gasteiger partial charge on any atom is 0.234 e. The smallest absolute Gasteiger partial charge is 0.234 e. The van der Waals surface area contributed by atoms with E-state index < -0.39 is 0 Å². The van der Waals surface area contributed by atoms with Gasteiger partial charge in [0.05, 0.1) is 5.75 Å². The SMILES string of the molecule is Cc1ccc(Cl)cc1NC(=O)CSc1nnc(Cc2cccs2)n1C1CC1. The molecule has 8 heteroatoms. The van der Waals surface area contributed by atoms with E-state index in [2.05, 4.69) is 37.6 Å². The maximum atomic E-state index is 12.4. The van der Waals surface area contributed by atoms with Crippen LogP contribution in [-0.2, 0) is 11.2 Å². The minimum absolute atomic E-state index is 0.0736. The molecule has 140 valence electrons. The zero-order valence-corrected chi connectivity index (χ0v) is 17.2. The van der Waals surface area contributed by atoms with Crippen molar-refractivity contribution < 1.29 is 4.79 Å². The summed E-state index contributed by atoms with van der Waals surface area (Å²) in [6.45, 7) is 1.94. The first kappa shape index (κ1) is 18.5. The molecule has 1 N–H and O–H groups in total. The van der Waals surface area contributed by atoms with E-state index >= 15 is 0 Å². The van der Waals surface area contributed by atoms with Crippen LogP contribution >= 0.6 is 34.7 Å². The number of nitrogens with zero attached hydrogens (tertiary/aromatic N) is 3. The molecule has 1 aliphatic carbocycles. The molecule has 2 heterocycles. The Kier molecular flexibility index (Phi) is 5.52. The molecule has 27 heavy (non-hydrogen) atoms. The Bertz CT molecular complexity index is 951. The Balaban J connectivity index is 1.42. The fourth-order valence-corrected chi connectivity index (χ4v) is 4.54. The summed E-state index contributed by atoms with van der Waals surface area (Å²) >= 11 is 9.18. The molecule has 0 unspecified atom stereocenters. The average molecular weight is 419 g/mol. The average Bonchev–Trinajstić information content (AvgIpc) is 3.19. The van der Waals surface area contributed by atoms with E-state index in [0.29, 0.717) is 11.1 Å². The summed E-state index contributed by atoms with van der Waals surface area (Å²) in [5, 5.41) is 15.2. The van der Waals surface area contributed by atoms with Gasteiger partial charge in [-0.3, -0.25) is 4.79 Å². The summed E-state index contributed by atoms with van der Waals surface area (Å²) in [7, 11) is 0. The molecule has 0 radical (unpaired) electrons. The number of halogens is 1. The number of aryl methyl sites for hydroxylation is 1. The maximum absolute atomic E-state index is 12.4. The van der Waals surface area contributed by atoms with Crippen molar-refractivity contribution in [1.29, 1.82) is 0 Å². The molecule has 0 saturated heterocycles. The number of benzene rings is 1. The van der Waals surface area contributed by atoms with E-state index in [4.69, 9.17) is 11.6 Å². The first-order valence-corrected chi connectivity index (χ1v) is 11.0.